The first-order valence-corrected chi connectivity index (χ1v) is 10.7. The zero-order valence-corrected chi connectivity index (χ0v) is 17.8. The van der Waals surface area contributed by atoms with Gasteiger partial charge in [0.25, 0.3) is 21.6 Å². The third-order valence-electron chi connectivity index (χ3n) is 4.75. The van der Waals surface area contributed by atoms with Crippen LogP contribution in [0.2, 0.25) is 0 Å². The van der Waals surface area contributed by atoms with E-state index in [-0.39, 0.29) is 0 Å². The Morgan fingerprint density at radius 3 is 2.39 bits per heavy atom. The van der Waals surface area contributed by atoms with E-state index in [0.29, 0.717) is 0 Å². The minimum absolute atomic E-state index is 0.433. The van der Waals surface area contributed by atoms with Gasteiger partial charge in [-0.05, 0) is 12.1 Å². The van der Waals surface area contributed by atoms with Crippen LogP contribution in [0.15, 0.2) is 29.2 Å². The van der Waals surface area contributed by atoms with Crippen LogP contribution in [0.25, 0.3) is 0 Å². The van der Waals surface area contributed by atoms with Crippen LogP contribution in [0.5, 0.6) is 0 Å². The molecule has 1 fully saturated rings. The van der Waals surface area contributed by atoms with Crippen molar-refractivity contribution in [1.29, 1.82) is 0 Å². The van der Waals surface area contributed by atoms with E-state index < -0.39 is 86.8 Å². The molecule has 1 unspecified atom stereocenters. The molecule has 0 saturated carbocycles. The van der Waals surface area contributed by atoms with Crippen molar-refractivity contribution in [1.82, 2.24) is 5.32 Å². The van der Waals surface area contributed by atoms with Gasteiger partial charge < -0.3 is 35.6 Å². The molecule has 1 aromatic carbocycles. The second kappa shape index (κ2) is 10.0. The van der Waals surface area contributed by atoms with Crippen LogP contribution in [-0.2, 0) is 28.6 Å². The van der Waals surface area contributed by atoms with E-state index in [1.165, 1.54) is 0 Å². The van der Waals surface area contributed by atoms with Gasteiger partial charge in [-0.25, -0.2) is 4.79 Å². The van der Waals surface area contributed by atoms with Gasteiger partial charge in [-0.1, -0.05) is 0 Å². The number of amides is 1. The van der Waals surface area contributed by atoms with Crippen LogP contribution in [0.1, 0.15) is 13.3 Å². The van der Waals surface area contributed by atoms with Crippen molar-refractivity contribution in [3.8, 4) is 0 Å². The Labute approximate surface area is 186 Å². The summed E-state index contributed by atoms with van der Waals surface area (Å²) in [5, 5.41) is 62.4. The van der Waals surface area contributed by atoms with Crippen molar-refractivity contribution in [3.63, 3.8) is 0 Å². The SMILES string of the molecule is CC(=O)N[C@H]1[C@H]([C@H](OS(=O)(=O)c2ccc([N+](=O)[O-])cc2)[C@H](O)CO)OC(O)(C(=O)O)C[C@@H]1O. The van der Waals surface area contributed by atoms with Gasteiger partial charge in [0.1, 0.15) is 18.3 Å². The number of carbonyl (C=O) groups is 2. The molecule has 15 nitrogen and oxygen atoms in total. The van der Waals surface area contributed by atoms with Crippen LogP contribution < -0.4 is 5.32 Å². The van der Waals surface area contributed by atoms with Gasteiger partial charge in [-0.2, -0.15) is 8.42 Å². The number of carboxylic acid groups (broad SMARTS) is 1. The van der Waals surface area contributed by atoms with Crippen molar-refractivity contribution < 1.29 is 57.4 Å². The second-order valence-corrected chi connectivity index (χ2v) is 8.76. The summed E-state index contributed by atoms with van der Waals surface area (Å²) in [4.78, 5) is 32.4. The van der Waals surface area contributed by atoms with E-state index in [1.807, 2.05) is 0 Å². The highest BCUT2D eigenvalue weighted by molar-refractivity contribution is 7.86. The standard InChI is InChI=1S/C17H22N2O13S/c1-8(21)18-13-11(22)6-17(26,16(24)25)31-15(13)14(12(23)7-20)32-33(29,30)10-4-2-9(3-5-10)19(27)28/h2-5,11-15,20,22-23,26H,6-7H2,1H3,(H,18,21)(H,24,25)/t11-,12+,13+,14+,15+,17?/m0/s1. The Morgan fingerprint density at radius 1 is 1.36 bits per heavy atom. The van der Waals surface area contributed by atoms with Gasteiger partial charge >= 0.3 is 5.97 Å². The van der Waals surface area contributed by atoms with E-state index >= 15 is 0 Å². The summed E-state index contributed by atoms with van der Waals surface area (Å²) in [5.41, 5.74) is -0.433. The number of nitro benzene ring substituents is 1. The monoisotopic (exact) mass is 494 g/mol. The Hall–Kier alpha value is -2.73. The number of nitro groups is 1. The first kappa shape index (κ1) is 26.5. The summed E-state index contributed by atoms with van der Waals surface area (Å²) < 4.78 is 35.5. The fraction of sp³-hybridized carbons (Fsp3) is 0.529. The lowest BCUT2D eigenvalue weighted by Gasteiger charge is -2.45. The Morgan fingerprint density at radius 2 is 1.94 bits per heavy atom. The number of hydrogen-bond donors (Lipinski definition) is 6. The fourth-order valence-corrected chi connectivity index (χ4v) is 4.29. The molecular weight excluding hydrogens is 472 g/mol. The van der Waals surface area contributed by atoms with Crippen molar-refractivity contribution in [3.05, 3.63) is 34.4 Å². The molecule has 1 aliphatic heterocycles. The lowest BCUT2D eigenvalue weighted by Crippen LogP contribution is -2.67. The number of nitrogens with one attached hydrogen (secondary N) is 1. The van der Waals surface area contributed by atoms with Crippen molar-refractivity contribution in [2.24, 2.45) is 0 Å². The first-order valence-electron chi connectivity index (χ1n) is 9.27. The van der Waals surface area contributed by atoms with Crippen molar-refractivity contribution in [2.45, 2.75) is 54.5 Å². The number of benzene rings is 1. The number of aliphatic carboxylic acids is 1. The predicted molar refractivity (Wildman–Crippen MR) is 104 cm³/mol. The summed E-state index contributed by atoms with van der Waals surface area (Å²) in [7, 11) is -4.83. The number of non-ortho nitro benzene ring substituents is 1. The van der Waals surface area contributed by atoms with Gasteiger partial charge in [0.2, 0.25) is 5.91 Å². The minimum atomic E-state index is -4.83. The van der Waals surface area contributed by atoms with Crippen molar-refractivity contribution in [2.75, 3.05) is 6.61 Å². The van der Waals surface area contributed by atoms with Gasteiger partial charge in [0, 0.05) is 25.5 Å². The lowest BCUT2D eigenvalue weighted by molar-refractivity contribution is -0.384. The molecule has 0 spiro atoms. The molecule has 1 aliphatic rings. The molecule has 0 aromatic heterocycles. The average molecular weight is 494 g/mol. The Balaban J connectivity index is 2.49. The quantitative estimate of drug-likeness (QED) is 0.118. The molecule has 1 aromatic rings. The van der Waals surface area contributed by atoms with E-state index in [4.69, 9.17) is 8.92 Å². The number of carboxylic acids is 1. The number of ether oxygens (including phenoxy) is 1. The maximum atomic E-state index is 12.7. The molecule has 0 bridgehead atoms. The van der Waals surface area contributed by atoms with E-state index in [0.717, 1.165) is 31.2 Å². The number of aliphatic hydroxyl groups is 4. The fourth-order valence-electron chi connectivity index (χ4n) is 3.18. The third kappa shape index (κ3) is 5.99. The summed E-state index contributed by atoms with van der Waals surface area (Å²) in [6.45, 7) is -0.109. The second-order valence-electron chi connectivity index (χ2n) is 7.19. The smallest absolute Gasteiger partial charge is 0.364 e. The highest BCUT2D eigenvalue weighted by Gasteiger charge is 2.55. The normalized spacial score (nSPS) is 27.4. The Kier molecular flexibility index (Phi) is 8.07. The predicted octanol–water partition coefficient (Wildman–Crippen LogP) is -2.55. The van der Waals surface area contributed by atoms with Gasteiger partial charge in [-0.3, -0.25) is 19.1 Å². The molecule has 2 rings (SSSR count). The molecule has 1 amide bonds. The number of aliphatic hydroxyl groups excluding tert-OH is 3. The maximum Gasteiger partial charge on any atom is 0.364 e. The number of hydrogen-bond acceptors (Lipinski definition) is 12. The molecule has 6 N–H and O–H groups in total. The molecule has 1 saturated heterocycles. The van der Waals surface area contributed by atoms with Crippen LogP contribution in [0.4, 0.5) is 5.69 Å². The minimum Gasteiger partial charge on any atom is -0.477 e. The van der Waals surface area contributed by atoms with Crippen LogP contribution >= 0.6 is 0 Å². The zero-order valence-electron chi connectivity index (χ0n) is 17.0. The van der Waals surface area contributed by atoms with E-state index in [9.17, 15) is 53.7 Å². The highest BCUT2D eigenvalue weighted by atomic mass is 32.2. The molecule has 184 valence electrons. The summed E-state index contributed by atoms with van der Waals surface area (Å²) in [6.07, 6.45) is -8.93. The van der Waals surface area contributed by atoms with Crippen LogP contribution in [0, 0.1) is 10.1 Å². The topological polar surface area (TPSA) is 243 Å². The summed E-state index contributed by atoms with van der Waals surface area (Å²) in [5.74, 6) is -5.76. The third-order valence-corrected chi connectivity index (χ3v) is 6.08. The van der Waals surface area contributed by atoms with E-state index in [2.05, 4.69) is 5.32 Å². The van der Waals surface area contributed by atoms with E-state index in [1.54, 1.807) is 0 Å². The van der Waals surface area contributed by atoms with Crippen molar-refractivity contribution >= 4 is 27.7 Å². The van der Waals surface area contributed by atoms with Crippen LogP contribution in [0.3, 0.4) is 0 Å². The van der Waals surface area contributed by atoms with Crippen LogP contribution in [-0.4, -0.2) is 93.6 Å². The van der Waals surface area contributed by atoms with Gasteiger partial charge in [-0.15, -0.1) is 0 Å². The van der Waals surface area contributed by atoms with Gasteiger partial charge in [0.15, 0.2) is 0 Å². The maximum absolute atomic E-state index is 12.7. The largest absolute Gasteiger partial charge is 0.477 e. The first-order chi connectivity index (χ1) is 15.2. The number of carbonyl (C=O) groups excluding carboxylic acids is 1. The number of rotatable bonds is 9. The molecule has 0 radical (unpaired) electrons. The zero-order chi connectivity index (χ0) is 25.1. The molecule has 33 heavy (non-hydrogen) atoms. The lowest BCUT2D eigenvalue weighted by atomic mass is 9.88. The molecule has 16 heteroatoms. The molecular formula is C17H22N2O13S. The average Bonchev–Trinajstić information content (AvgIpc) is 2.73. The molecule has 1 heterocycles. The molecule has 6 atom stereocenters. The summed E-state index contributed by atoms with van der Waals surface area (Å²) >= 11 is 0. The summed E-state index contributed by atoms with van der Waals surface area (Å²) in [6, 6.07) is 1.80. The highest BCUT2D eigenvalue weighted by Crippen LogP contribution is 2.33. The van der Waals surface area contributed by atoms with Gasteiger partial charge in [0.05, 0.1) is 28.6 Å². The molecule has 0 aliphatic carbocycles. The Bertz CT molecular complexity index is 999. The number of nitrogens with zero attached hydrogens (tertiary/aromatic N) is 1.